The van der Waals surface area contributed by atoms with E-state index in [2.05, 4.69) is 22.5 Å². The highest BCUT2D eigenvalue weighted by Crippen LogP contribution is 2.09. The smallest absolute Gasteiger partial charge is 0.321 e. The third kappa shape index (κ3) is 3.74. The Labute approximate surface area is 87.7 Å². The van der Waals surface area contributed by atoms with E-state index in [0.717, 1.165) is 12.8 Å². The number of aromatic nitrogens is 1. The number of thiazole rings is 1. The van der Waals surface area contributed by atoms with Gasteiger partial charge < -0.3 is 5.32 Å². The maximum absolute atomic E-state index is 11.3. The molecule has 1 aromatic heterocycles. The first-order valence-electron chi connectivity index (χ1n) is 4.69. The molecule has 0 spiro atoms. The molecule has 0 bridgehead atoms. The van der Waals surface area contributed by atoms with Crippen molar-refractivity contribution in [1.82, 2.24) is 10.3 Å². The van der Waals surface area contributed by atoms with Crippen molar-refractivity contribution in [3.05, 3.63) is 11.6 Å². The van der Waals surface area contributed by atoms with Crippen LogP contribution in [0.3, 0.4) is 0 Å². The molecule has 0 aromatic carbocycles. The highest BCUT2D eigenvalue weighted by Gasteiger charge is 2.06. The summed E-state index contributed by atoms with van der Waals surface area (Å²) < 4.78 is 0. The molecule has 4 nitrogen and oxygen atoms in total. The van der Waals surface area contributed by atoms with Crippen molar-refractivity contribution in [2.75, 3.05) is 5.32 Å². The van der Waals surface area contributed by atoms with Crippen LogP contribution in [-0.2, 0) is 0 Å². The summed E-state index contributed by atoms with van der Waals surface area (Å²) in [4.78, 5) is 15.3. The third-order valence-electron chi connectivity index (χ3n) is 1.75. The van der Waals surface area contributed by atoms with Gasteiger partial charge in [-0.1, -0.05) is 13.3 Å². The molecule has 5 heteroatoms. The number of amides is 2. The molecule has 1 unspecified atom stereocenters. The average molecular weight is 213 g/mol. The zero-order valence-electron chi connectivity index (χ0n) is 8.41. The van der Waals surface area contributed by atoms with Crippen molar-refractivity contribution >= 4 is 22.5 Å². The molecule has 14 heavy (non-hydrogen) atoms. The molecule has 0 aliphatic rings. The fraction of sp³-hybridized carbons (Fsp3) is 0.556. The summed E-state index contributed by atoms with van der Waals surface area (Å²) in [5.41, 5.74) is 0. The van der Waals surface area contributed by atoms with Crippen molar-refractivity contribution in [3.63, 3.8) is 0 Å². The van der Waals surface area contributed by atoms with Crippen molar-refractivity contribution in [2.24, 2.45) is 0 Å². The van der Waals surface area contributed by atoms with E-state index in [9.17, 15) is 4.79 Å². The van der Waals surface area contributed by atoms with Crippen LogP contribution in [-0.4, -0.2) is 17.1 Å². The lowest BCUT2D eigenvalue weighted by Gasteiger charge is -2.12. The first-order chi connectivity index (χ1) is 6.72. The predicted molar refractivity (Wildman–Crippen MR) is 58.6 cm³/mol. The van der Waals surface area contributed by atoms with Gasteiger partial charge in [0, 0.05) is 17.6 Å². The first kappa shape index (κ1) is 11.0. The third-order valence-corrected chi connectivity index (χ3v) is 2.44. The maximum atomic E-state index is 11.3. The number of nitrogens with zero attached hydrogens (tertiary/aromatic N) is 1. The van der Waals surface area contributed by atoms with Crippen LogP contribution in [0.2, 0.25) is 0 Å². The summed E-state index contributed by atoms with van der Waals surface area (Å²) in [7, 11) is 0. The standard InChI is InChI=1S/C9H15N3OS/c1-3-4-7(2)11-8(13)12-9-10-5-6-14-9/h5-7H,3-4H2,1-2H3,(H2,10,11,12,13). The Balaban J connectivity index is 2.29. The lowest BCUT2D eigenvalue weighted by molar-refractivity contribution is 0.248. The summed E-state index contributed by atoms with van der Waals surface area (Å²) in [6, 6.07) is 0.0286. The van der Waals surface area contributed by atoms with Gasteiger partial charge in [0.1, 0.15) is 0 Å². The normalized spacial score (nSPS) is 12.1. The number of urea groups is 1. The van der Waals surface area contributed by atoms with Gasteiger partial charge in [0.25, 0.3) is 0 Å². The number of rotatable bonds is 4. The van der Waals surface area contributed by atoms with Crippen molar-refractivity contribution in [3.8, 4) is 0 Å². The molecule has 0 fully saturated rings. The number of carbonyl (C=O) groups excluding carboxylic acids is 1. The van der Waals surface area contributed by atoms with Crippen LogP contribution in [0.25, 0.3) is 0 Å². The number of hydrogen-bond donors (Lipinski definition) is 2. The average Bonchev–Trinajstić information content (AvgIpc) is 2.56. The molecule has 2 amide bonds. The van der Waals surface area contributed by atoms with E-state index in [1.165, 1.54) is 11.3 Å². The van der Waals surface area contributed by atoms with Gasteiger partial charge in [0.05, 0.1) is 0 Å². The quantitative estimate of drug-likeness (QED) is 0.807. The van der Waals surface area contributed by atoms with Gasteiger partial charge in [-0.2, -0.15) is 0 Å². The van der Waals surface area contributed by atoms with Crippen LogP contribution in [0.4, 0.5) is 9.93 Å². The van der Waals surface area contributed by atoms with Gasteiger partial charge in [-0.3, -0.25) is 5.32 Å². The minimum atomic E-state index is -0.180. The van der Waals surface area contributed by atoms with Crippen LogP contribution >= 0.6 is 11.3 Å². The minimum absolute atomic E-state index is 0.180. The first-order valence-corrected chi connectivity index (χ1v) is 5.57. The fourth-order valence-corrected chi connectivity index (χ4v) is 1.67. The van der Waals surface area contributed by atoms with E-state index < -0.39 is 0 Å². The largest absolute Gasteiger partial charge is 0.335 e. The lowest BCUT2D eigenvalue weighted by Crippen LogP contribution is -2.35. The van der Waals surface area contributed by atoms with E-state index in [0.29, 0.717) is 5.13 Å². The maximum Gasteiger partial charge on any atom is 0.321 e. The molecular weight excluding hydrogens is 198 g/mol. The second-order valence-electron chi connectivity index (χ2n) is 3.13. The number of carbonyl (C=O) groups is 1. The number of anilines is 1. The van der Waals surface area contributed by atoms with Crippen LogP contribution in [0, 0.1) is 0 Å². The molecule has 0 radical (unpaired) electrons. The summed E-state index contributed by atoms with van der Waals surface area (Å²) >= 11 is 1.41. The van der Waals surface area contributed by atoms with Crippen molar-refractivity contribution < 1.29 is 4.79 Å². The molecule has 1 rings (SSSR count). The van der Waals surface area contributed by atoms with E-state index in [4.69, 9.17) is 0 Å². The van der Waals surface area contributed by atoms with Crippen LogP contribution in [0.15, 0.2) is 11.6 Å². The van der Waals surface area contributed by atoms with Crippen LogP contribution < -0.4 is 10.6 Å². The second kappa shape index (κ2) is 5.59. The Hall–Kier alpha value is -1.10. The van der Waals surface area contributed by atoms with E-state index in [1.807, 2.05) is 12.3 Å². The van der Waals surface area contributed by atoms with Gasteiger partial charge in [-0.05, 0) is 13.3 Å². The highest BCUT2D eigenvalue weighted by molar-refractivity contribution is 7.13. The molecule has 1 atom stereocenters. The Kier molecular flexibility index (Phi) is 4.39. The molecule has 0 aliphatic carbocycles. The van der Waals surface area contributed by atoms with Crippen LogP contribution in [0.1, 0.15) is 26.7 Å². The Morgan fingerprint density at radius 2 is 2.50 bits per heavy atom. The summed E-state index contributed by atoms with van der Waals surface area (Å²) in [6.07, 6.45) is 3.72. The topological polar surface area (TPSA) is 54.0 Å². The molecule has 1 aromatic rings. The second-order valence-corrected chi connectivity index (χ2v) is 4.02. The summed E-state index contributed by atoms with van der Waals surface area (Å²) in [5, 5.41) is 7.96. The molecule has 78 valence electrons. The van der Waals surface area contributed by atoms with Gasteiger partial charge >= 0.3 is 6.03 Å². The zero-order valence-corrected chi connectivity index (χ0v) is 9.23. The van der Waals surface area contributed by atoms with Gasteiger partial charge in [0.15, 0.2) is 5.13 Å². The van der Waals surface area contributed by atoms with Gasteiger partial charge in [-0.25, -0.2) is 9.78 Å². The van der Waals surface area contributed by atoms with Crippen molar-refractivity contribution in [2.45, 2.75) is 32.7 Å². The Morgan fingerprint density at radius 3 is 3.07 bits per heavy atom. The highest BCUT2D eigenvalue weighted by atomic mass is 32.1. The molecule has 0 saturated heterocycles. The monoisotopic (exact) mass is 213 g/mol. The number of hydrogen-bond acceptors (Lipinski definition) is 3. The summed E-state index contributed by atoms with van der Waals surface area (Å²) in [5.74, 6) is 0. The van der Waals surface area contributed by atoms with Crippen LogP contribution in [0.5, 0.6) is 0 Å². The van der Waals surface area contributed by atoms with E-state index in [-0.39, 0.29) is 12.1 Å². The van der Waals surface area contributed by atoms with Gasteiger partial charge in [-0.15, -0.1) is 11.3 Å². The van der Waals surface area contributed by atoms with Crippen molar-refractivity contribution in [1.29, 1.82) is 0 Å². The lowest BCUT2D eigenvalue weighted by atomic mass is 10.2. The minimum Gasteiger partial charge on any atom is -0.335 e. The zero-order chi connectivity index (χ0) is 10.4. The molecule has 0 aliphatic heterocycles. The van der Waals surface area contributed by atoms with E-state index in [1.54, 1.807) is 6.20 Å². The summed E-state index contributed by atoms with van der Waals surface area (Å²) in [6.45, 7) is 4.09. The molecule has 0 saturated carbocycles. The molecule has 2 N–H and O–H groups in total. The van der Waals surface area contributed by atoms with Gasteiger partial charge in [0.2, 0.25) is 0 Å². The van der Waals surface area contributed by atoms with E-state index >= 15 is 0 Å². The fourth-order valence-electron chi connectivity index (χ4n) is 1.15. The Morgan fingerprint density at radius 1 is 1.71 bits per heavy atom. The Bertz CT molecular complexity index is 274. The number of nitrogens with one attached hydrogen (secondary N) is 2. The predicted octanol–water partition coefficient (Wildman–Crippen LogP) is 2.45. The molecule has 1 heterocycles. The molecular formula is C9H15N3OS. The SMILES string of the molecule is CCCC(C)NC(=O)Nc1nccs1.